The maximum atomic E-state index is 7.09. The van der Waals surface area contributed by atoms with Crippen molar-refractivity contribution < 1.29 is 9.47 Å². The molecular formula is C50H54N4O2. The molecule has 14 rings (SSSR count). The van der Waals surface area contributed by atoms with Gasteiger partial charge in [-0.3, -0.25) is 9.80 Å². The van der Waals surface area contributed by atoms with E-state index in [-0.39, 0.29) is 35.5 Å². The molecule has 8 bridgehead atoms. The summed E-state index contributed by atoms with van der Waals surface area (Å²) in [5, 5.41) is 7.43. The lowest BCUT2D eigenvalue weighted by atomic mass is 9.58. The van der Waals surface area contributed by atoms with E-state index < -0.39 is 0 Å². The van der Waals surface area contributed by atoms with Crippen LogP contribution in [0.15, 0.2) is 122 Å². The molecule has 0 amide bonds. The van der Waals surface area contributed by atoms with Crippen LogP contribution in [0.3, 0.4) is 0 Å². The highest BCUT2D eigenvalue weighted by molar-refractivity contribution is 5.68. The molecule has 14 atom stereocenters. The molecule has 8 fully saturated rings. The summed E-state index contributed by atoms with van der Waals surface area (Å²) in [5.41, 5.74) is 10.6. The first kappa shape index (κ1) is 33.9. The smallest absolute Gasteiger partial charge is 0.129 e. The van der Waals surface area contributed by atoms with Crippen LogP contribution < -0.4 is 10.6 Å². The first-order chi connectivity index (χ1) is 27.5. The zero-order chi connectivity index (χ0) is 37.2. The fraction of sp³-hybridized carbons (Fsp3) is 0.440. The number of piperidine rings is 6. The molecule has 0 spiro atoms. The summed E-state index contributed by atoms with van der Waals surface area (Å²) in [6.45, 7) is 13.0. The Hall–Kier alpha value is -4.20. The van der Waals surface area contributed by atoms with Crippen LogP contribution in [0.25, 0.3) is 11.1 Å². The Balaban J connectivity index is 0.844. The fourth-order valence-corrected chi connectivity index (χ4v) is 13.6. The van der Waals surface area contributed by atoms with Gasteiger partial charge in [-0.1, -0.05) is 97.1 Å². The Morgan fingerprint density at radius 2 is 1.41 bits per heavy atom. The van der Waals surface area contributed by atoms with Crippen molar-refractivity contribution in [2.75, 3.05) is 36.8 Å². The van der Waals surface area contributed by atoms with Crippen molar-refractivity contribution in [3.05, 3.63) is 145 Å². The zero-order valence-electron chi connectivity index (χ0n) is 32.4. The van der Waals surface area contributed by atoms with Gasteiger partial charge in [-0.15, -0.1) is 13.2 Å². The molecule has 0 aliphatic carbocycles. The van der Waals surface area contributed by atoms with Crippen molar-refractivity contribution in [2.45, 2.75) is 92.0 Å². The summed E-state index contributed by atoms with van der Waals surface area (Å²) in [5.74, 6) is 2.18. The molecule has 0 radical (unpaired) electrons. The second-order valence-corrected chi connectivity index (χ2v) is 18.5. The Labute approximate surface area is 332 Å². The van der Waals surface area contributed by atoms with Gasteiger partial charge in [-0.05, 0) is 102 Å². The minimum atomic E-state index is -0.189. The van der Waals surface area contributed by atoms with Crippen molar-refractivity contribution >= 4 is 11.4 Å². The van der Waals surface area contributed by atoms with E-state index in [9.17, 15) is 0 Å². The summed E-state index contributed by atoms with van der Waals surface area (Å²) in [7, 11) is 0. The number of benzene rings is 4. The number of anilines is 2. The molecule has 4 aromatic rings. The lowest BCUT2D eigenvalue weighted by molar-refractivity contribution is -0.0796. The van der Waals surface area contributed by atoms with Gasteiger partial charge in [-0.25, -0.2) is 0 Å². The van der Waals surface area contributed by atoms with Crippen molar-refractivity contribution in [3.63, 3.8) is 0 Å². The monoisotopic (exact) mass is 742 g/mol. The van der Waals surface area contributed by atoms with Gasteiger partial charge < -0.3 is 20.1 Å². The number of nitrogens with zero attached hydrogens (tertiary/aromatic N) is 2. The quantitative estimate of drug-likeness (QED) is 0.185. The van der Waals surface area contributed by atoms with Crippen molar-refractivity contribution in [1.82, 2.24) is 9.80 Å². The van der Waals surface area contributed by atoms with Gasteiger partial charge in [0.2, 0.25) is 0 Å². The Morgan fingerprint density at radius 3 is 2.18 bits per heavy atom. The van der Waals surface area contributed by atoms with Crippen LogP contribution in [0.5, 0.6) is 0 Å². The molecule has 2 unspecified atom stereocenters. The molecule has 10 heterocycles. The molecule has 6 nitrogen and oxygen atoms in total. The summed E-state index contributed by atoms with van der Waals surface area (Å²) >= 11 is 0. The van der Waals surface area contributed by atoms with Crippen LogP contribution in [0.4, 0.5) is 11.4 Å². The second-order valence-electron chi connectivity index (χ2n) is 18.5. The van der Waals surface area contributed by atoms with Gasteiger partial charge in [0.05, 0.1) is 17.6 Å². The molecular weight excluding hydrogens is 689 g/mol. The van der Waals surface area contributed by atoms with Crippen LogP contribution in [-0.4, -0.2) is 72.7 Å². The van der Waals surface area contributed by atoms with Crippen LogP contribution >= 0.6 is 0 Å². The summed E-state index contributed by atoms with van der Waals surface area (Å²) in [4.78, 5) is 5.46. The fourth-order valence-electron chi connectivity index (χ4n) is 13.6. The predicted molar refractivity (Wildman–Crippen MR) is 224 cm³/mol. The van der Waals surface area contributed by atoms with E-state index in [1.165, 1.54) is 70.6 Å². The van der Waals surface area contributed by atoms with Gasteiger partial charge in [0, 0.05) is 60.7 Å². The summed E-state index contributed by atoms with van der Waals surface area (Å²) < 4.78 is 13.9. The predicted octanol–water partition coefficient (Wildman–Crippen LogP) is 8.92. The lowest BCUT2D eigenvalue weighted by Gasteiger charge is -2.58. The third-order valence-electron chi connectivity index (χ3n) is 16.3. The molecule has 10 aliphatic heterocycles. The maximum absolute atomic E-state index is 7.09. The topological polar surface area (TPSA) is 49.0 Å². The highest BCUT2D eigenvalue weighted by Gasteiger charge is 2.60. The first-order valence-electron chi connectivity index (χ1n) is 21.5. The lowest BCUT2D eigenvalue weighted by Crippen LogP contribution is -2.64. The highest BCUT2D eigenvalue weighted by atomic mass is 16.5. The highest BCUT2D eigenvalue weighted by Crippen LogP contribution is 2.57. The van der Waals surface area contributed by atoms with E-state index in [0.717, 1.165) is 38.9 Å². The van der Waals surface area contributed by atoms with E-state index in [4.69, 9.17) is 9.47 Å². The normalized spacial score (nSPS) is 40.9. The molecule has 56 heavy (non-hydrogen) atoms. The Bertz CT molecular complexity index is 2190. The van der Waals surface area contributed by atoms with Gasteiger partial charge >= 0.3 is 0 Å². The Morgan fingerprint density at radius 1 is 0.679 bits per heavy atom. The number of hydrogen-bond donors (Lipinski definition) is 2. The standard InChI is InChI=1S/C50H54N4O2/c1-3-31-29-53-23-21-34(31)25-43(53)48-50(28-46(56-48)52-42-12-8-6-10-40(42)50)37-19-15-33(16-20-37)32-13-17-36(18-14-32)49-22-24-54(30-35(49)4-2)44(27-49)47-39-26-45(55-47)51-41-11-7-5-9-38(39)41/h3-20,31,34-35,39,43-48,51-52H,1-2,21-30H2/t31-,34-,35-,39-,43+,44+,45-,46-,47+,48-,49+,50-/m0/s1. The average molecular weight is 743 g/mol. The molecule has 0 saturated carbocycles. The molecule has 10 aliphatic rings. The zero-order valence-corrected chi connectivity index (χ0v) is 32.4. The molecule has 2 N–H and O–H groups in total. The number of ether oxygens (including phenoxy) is 2. The molecule has 286 valence electrons. The van der Waals surface area contributed by atoms with Gasteiger partial charge in [-0.2, -0.15) is 0 Å². The van der Waals surface area contributed by atoms with Crippen LogP contribution in [0.2, 0.25) is 0 Å². The van der Waals surface area contributed by atoms with Crippen LogP contribution in [0.1, 0.15) is 66.7 Å². The largest absolute Gasteiger partial charge is 0.360 e. The number of hydrogen-bond acceptors (Lipinski definition) is 6. The van der Waals surface area contributed by atoms with E-state index in [0.29, 0.717) is 35.8 Å². The van der Waals surface area contributed by atoms with Crippen LogP contribution in [0, 0.1) is 17.8 Å². The summed E-state index contributed by atoms with van der Waals surface area (Å²) in [6, 6.07) is 37.9. The minimum Gasteiger partial charge on any atom is -0.360 e. The Kier molecular flexibility index (Phi) is 7.66. The molecule has 6 heteroatoms. The number of rotatable bonds is 7. The number of para-hydroxylation sites is 2. The molecule has 4 aromatic carbocycles. The average Bonchev–Trinajstić information content (AvgIpc) is 3.78. The van der Waals surface area contributed by atoms with E-state index in [1.807, 2.05) is 0 Å². The van der Waals surface area contributed by atoms with Crippen molar-refractivity contribution in [1.29, 1.82) is 0 Å². The van der Waals surface area contributed by atoms with Crippen molar-refractivity contribution in [3.8, 4) is 11.1 Å². The first-order valence-corrected chi connectivity index (χ1v) is 21.5. The van der Waals surface area contributed by atoms with E-state index in [2.05, 4.69) is 143 Å². The van der Waals surface area contributed by atoms with Gasteiger partial charge in [0.1, 0.15) is 12.5 Å². The van der Waals surface area contributed by atoms with Gasteiger partial charge in [0.15, 0.2) is 0 Å². The second kappa shape index (κ2) is 12.6. The maximum Gasteiger partial charge on any atom is 0.129 e. The molecule has 0 aromatic heterocycles. The van der Waals surface area contributed by atoms with Gasteiger partial charge in [0.25, 0.3) is 0 Å². The van der Waals surface area contributed by atoms with Crippen molar-refractivity contribution in [2.24, 2.45) is 17.8 Å². The third-order valence-corrected chi connectivity index (χ3v) is 16.3. The number of fused-ring (bicyclic) bond motifs is 14. The number of nitrogens with one attached hydrogen (secondary N) is 2. The van der Waals surface area contributed by atoms with E-state index >= 15 is 0 Å². The minimum absolute atomic E-state index is 0.0243. The third kappa shape index (κ3) is 4.82. The summed E-state index contributed by atoms with van der Waals surface area (Å²) in [6.07, 6.45) is 11.7. The van der Waals surface area contributed by atoms with E-state index in [1.54, 1.807) is 0 Å². The van der Waals surface area contributed by atoms with Crippen LogP contribution in [-0.2, 0) is 20.3 Å². The molecule has 8 saturated heterocycles. The SMILES string of the molecule is C=C[C@H]1CN2CC[C@H]1C[C@@H]2[C@@H]1O[C@H]2C[C@]1(c1ccc(-c3ccc([C@@]45CCN(C[C@@H]4C=C)[C@@H]([C@@H]4O[C@H]6C[C@H]4c4ccccc4N6)C5)cc3)cc1)c1ccccc1N2.